The second-order valence-electron chi connectivity index (χ2n) is 1.38. The molecule has 0 aromatic heterocycles. The average molecular weight is 81.1 g/mol. The lowest BCUT2D eigenvalue weighted by Crippen LogP contribution is -1.97. The Hall–Kier alpha value is -0.640. The third-order valence-corrected chi connectivity index (χ3v) is 0.717. The highest BCUT2D eigenvalue weighted by Crippen LogP contribution is 1.93. The Morgan fingerprint density at radius 1 is 1.50 bits per heavy atom. The summed E-state index contributed by atoms with van der Waals surface area (Å²) in [5, 5.41) is 0. The molecule has 0 amide bonds. The monoisotopic (exact) mass is 81.1 g/mol. The van der Waals surface area contributed by atoms with Gasteiger partial charge in [-0.25, -0.2) is 0 Å². The van der Waals surface area contributed by atoms with Crippen LogP contribution in [0.5, 0.6) is 0 Å². The fourth-order valence-electron chi connectivity index (χ4n) is 0.371. The minimum absolute atomic E-state index is 1.10. The van der Waals surface area contributed by atoms with E-state index in [2.05, 4.69) is 19.0 Å². The van der Waals surface area contributed by atoms with Crippen LogP contribution < -0.4 is 0 Å². The Morgan fingerprint density at radius 2 is 2.17 bits per heavy atom. The summed E-state index contributed by atoms with van der Waals surface area (Å²) in [4.78, 5) is 1.93. The van der Waals surface area contributed by atoms with Gasteiger partial charge in [0.25, 0.3) is 0 Å². The van der Waals surface area contributed by atoms with Crippen molar-refractivity contribution in [3.63, 3.8) is 0 Å². The first-order valence-electron chi connectivity index (χ1n) is 2.22. The molecule has 0 fully saturated rings. The van der Waals surface area contributed by atoms with Crippen LogP contribution in [-0.4, -0.2) is 11.4 Å². The average Bonchev–Trinajstić information content (AvgIpc) is 2.21. The molecule has 0 atom stereocenters. The zero-order chi connectivity index (χ0) is 4.41. The molecule has 0 N–H and O–H groups in total. The van der Waals surface area contributed by atoms with E-state index in [1.54, 1.807) is 0 Å². The predicted molar refractivity (Wildman–Crippen MR) is 24.8 cm³/mol. The van der Waals surface area contributed by atoms with Crippen molar-refractivity contribution in [2.75, 3.05) is 6.54 Å². The quantitative estimate of drug-likeness (QED) is 0.440. The lowest BCUT2D eigenvalue weighted by molar-refractivity contribution is 0.611. The lowest BCUT2D eigenvalue weighted by atomic mass is 10.5. The first-order valence-corrected chi connectivity index (χ1v) is 2.22. The van der Waals surface area contributed by atoms with E-state index in [0.29, 0.717) is 0 Å². The second-order valence-corrected chi connectivity index (χ2v) is 1.38. The molecule has 0 saturated carbocycles. The van der Waals surface area contributed by atoms with Crippen LogP contribution >= 0.6 is 0 Å². The molecule has 0 saturated heterocycles. The lowest BCUT2D eigenvalue weighted by Gasteiger charge is -1.90. The van der Waals surface area contributed by atoms with E-state index in [-0.39, 0.29) is 0 Å². The summed E-state index contributed by atoms with van der Waals surface area (Å²) >= 11 is 0. The van der Waals surface area contributed by atoms with Gasteiger partial charge in [0.05, 0.1) is 0 Å². The van der Waals surface area contributed by atoms with E-state index < -0.39 is 0 Å². The first-order chi connectivity index (χ1) is 2.93. The molecule has 32 valence electrons. The highest BCUT2D eigenvalue weighted by molar-refractivity contribution is 5.17. The van der Waals surface area contributed by atoms with Crippen molar-refractivity contribution in [3.05, 3.63) is 0 Å². The van der Waals surface area contributed by atoms with Crippen molar-refractivity contribution < 1.29 is 0 Å². The topological polar surface area (TPSA) is 3.01 Å². The van der Waals surface area contributed by atoms with Gasteiger partial charge < -0.3 is 0 Å². The van der Waals surface area contributed by atoms with Gasteiger partial charge in [-0.2, -0.15) is 0 Å². The molecule has 0 spiro atoms. The van der Waals surface area contributed by atoms with Gasteiger partial charge in [-0.1, -0.05) is 6.92 Å². The fraction of sp³-hybridized carbons (Fsp3) is 0.600. The molecule has 0 unspecified atom stereocenters. The Morgan fingerprint density at radius 3 is 2.33 bits per heavy atom. The van der Waals surface area contributed by atoms with Gasteiger partial charge in [-0.05, 0) is 6.42 Å². The molecule has 1 heterocycles. The summed E-state index contributed by atoms with van der Waals surface area (Å²) in [6, 6.07) is 5.64. The molecule has 1 rings (SSSR count). The molecular formula is C5H7N. The predicted octanol–water partition coefficient (Wildman–Crippen LogP) is 0.630. The molecule has 1 aliphatic heterocycles. The Labute approximate surface area is 38.0 Å². The molecule has 0 aromatic rings. The van der Waals surface area contributed by atoms with Crippen LogP contribution in [0.3, 0.4) is 0 Å². The summed E-state index contributed by atoms with van der Waals surface area (Å²) < 4.78 is 0. The number of rotatable bonds is 2. The standard InChI is InChI=1S/C5H7N/c1-2-3-6-4-5-6/h2-3H2,1H3. The van der Waals surface area contributed by atoms with E-state index in [9.17, 15) is 0 Å². The number of hydrogen-bond donors (Lipinski definition) is 0. The van der Waals surface area contributed by atoms with E-state index in [1.807, 2.05) is 4.90 Å². The van der Waals surface area contributed by atoms with Crippen LogP contribution in [0.2, 0.25) is 0 Å². The normalized spacial score (nSPS) is 13.2. The Bertz CT molecular complexity index is 88.2. The van der Waals surface area contributed by atoms with Gasteiger partial charge in [-0.3, -0.25) is 4.90 Å². The van der Waals surface area contributed by atoms with Gasteiger partial charge >= 0.3 is 0 Å². The summed E-state index contributed by atoms with van der Waals surface area (Å²) in [5.41, 5.74) is 0. The molecule has 0 radical (unpaired) electrons. The summed E-state index contributed by atoms with van der Waals surface area (Å²) in [6.45, 7) is 3.24. The SMILES string of the molecule is CCCN1C#C1. The summed E-state index contributed by atoms with van der Waals surface area (Å²) in [5.74, 6) is 0. The van der Waals surface area contributed by atoms with Crippen molar-refractivity contribution in [1.82, 2.24) is 4.90 Å². The van der Waals surface area contributed by atoms with E-state index in [4.69, 9.17) is 0 Å². The highest BCUT2D eigenvalue weighted by atomic mass is 15.1. The van der Waals surface area contributed by atoms with E-state index in [1.165, 1.54) is 6.42 Å². The van der Waals surface area contributed by atoms with Gasteiger partial charge in [0.1, 0.15) is 0 Å². The van der Waals surface area contributed by atoms with Crippen molar-refractivity contribution in [3.8, 4) is 12.1 Å². The molecule has 1 aliphatic rings. The van der Waals surface area contributed by atoms with Crippen molar-refractivity contribution in [2.45, 2.75) is 13.3 Å². The van der Waals surface area contributed by atoms with Crippen LogP contribution in [-0.2, 0) is 0 Å². The van der Waals surface area contributed by atoms with Crippen molar-refractivity contribution in [2.24, 2.45) is 0 Å². The molecule has 0 bridgehead atoms. The van der Waals surface area contributed by atoms with Gasteiger partial charge in [0.15, 0.2) is 0 Å². The van der Waals surface area contributed by atoms with Crippen LogP contribution in [0.15, 0.2) is 0 Å². The second kappa shape index (κ2) is 1.22. The molecule has 0 aliphatic carbocycles. The third-order valence-electron chi connectivity index (χ3n) is 0.717. The largest absolute Gasteiger partial charge is 0.257 e. The molecule has 1 nitrogen and oxygen atoms in total. The van der Waals surface area contributed by atoms with Crippen LogP contribution in [0.4, 0.5) is 0 Å². The molecular weight excluding hydrogens is 74.1 g/mol. The Kier molecular flexibility index (Phi) is 0.719. The minimum Gasteiger partial charge on any atom is -0.257 e. The third kappa shape index (κ3) is 0.651. The fourth-order valence-corrected chi connectivity index (χ4v) is 0.371. The van der Waals surface area contributed by atoms with Gasteiger partial charge in [0, 0.05) is 18.6 Å². The van der Waals surface area contributed by atoms with Crippen LogP contribution in [0.25, 0.3) is 0 Å². The van der Waals surface area contributed by atoms with Gasteiger partial charge in [0.2, 0.25) is 0 Å². The minimum atomic E-state index is 1.10. The Balaban J connectivity index is 1.91. The zero-order valence-corrected chi connectivity index (χ0v) is 3.86. The zero-order valence-electron chi connectivity index (χ0n) is 3.86. The molecule has 0 aromatic carbocycles. The molecule has 6 heavy (non-hydrogen) atoms. The maximum Gasteiger partial charge on any atom is 0.0445 e. The number of nitrogens with zero attached hydrogens (tertiary/aromatic N) is 1. The molecule has 1 heteroatoms. The van der Waals surface area contributed by atoms with Crippen LogP contribution in [0, 0.1) is 12.1 Å². The smallest absolute Gasteiger partial charge is 0.0445 e. The van der Waals surface area contributed by atoms with Crippen molar-refractivity contribution in [1.29, 1.82) is 0 Å². The first kappa shape index (κ1) is 3.55. The van der Waals surface area contributed by atoms with E-state index in [0.717, 1.165) is 6.54 Å². The van der Waals surface area contributed by atoms with E-state index >= 15 is 0 Å². The summed E-state index contributed by atoms with van der Waals surface area (Å²) in [7, 11) is 0. The van der Waals surface area contributed by atoms with Gasteiger partial charge in [-0.15, -0.1) is 0 Å². The van der Waals surface area contributed by atoms with Crippen molar-refractivity contribution >= 4 is 0 Å². The maximum atomic E-state index is 2.82. The van der Waals surface area contributed by atoms with Crippen LogP contribution in [0.1, 0.15) is 13.3 Å². The highest BCUT2D eigenvalue weighted by Gasteiger charge is 1.99. The summed E-state index contributed by atoms with van der Waals surface area (Å²) in [6.07, 6.45) is 1.19. The number of hydrogen-bond acceptors (Lipinski definition) is 1. The maximum absolute atomic E-state index is 2.82.